The molecular formula is C17H23NO4. The highest BCUT2D eigenvalue weighted by molar-refractivity contribution is 5.82. The first-order valence-corrected chi connectivity index (χ1v) is 7.51. The minimum absolute atomic E-state index is 0.0285. The van der Waals surface area contributed by atoms with Crippen LogP contribution in [0.4, 0.5) is 0 Å². The van der Waals surface area contributed by atoms with Gasteiger partial charge < -0.3 is 14.7 Å². The van der Waals surface area contributed by atoms with Gasteiger partial charge in [-0.25, -0.2) is 0 Å². The summed E-state index contributed by atoms with van der Waals surface area (Å²) in [6.45, 7) is 4.42. The van der Waals surface area contributed by atoms with E-state index in [1.165, 1.54) is 0 Å². The quantitative estimate of drug-likeness (QED) is 0.905. The van der Waals surface area contributed by atoms with Crippen LogP contribution in [0.3, 0.4) is 0 Å². The first-order valence-electron chi connectivity index (χ1n) is 7.51. The Hall–Kier alpha value is -2.04. The summed E-state index contributed by atoms with van der Waals surface area (Å²) in [5.74, 6) is -0.171. The van der Waals surface area contributed by atoms with Gasteiger partial charge in [-0.2, -0.15) is 0 Å². The molecule has 1 aliphatic heterocycles. The lowest BCUT2D eigenvalue weighted by Crippen LogP contribution is -2.37. The summed E-state index contributed by atoms with van der Waals surface area (Å²) < 4.78 is 5.12. The molecule has 0 saturated carbocycles. The zero-order valence-electron chi connectivity index (χ0n) is 13.3. The van der Waals surface area contributed by atoms with Gasteiger partial charge in [-0.05, 0) is 37.5 Å². The van der Waals surface area contributed by atoms with Crippen molar-refractivity contribution in [1.29, 1.82) is 0 Å². The summed E-state index contributed by atoms with van der Waals surface area (Å²) in [5.41, 5.74) is 0.261. The topological polar surface area (TPSA) is 66.8 Å². The number of carbonyl (C=O) groups is 2. The third-order valence-electron chi connectivity index (χ3n) is 4.42. The lowest BCUT2D eigenvalue weighted by atomic mass is 9.90. The second-order valence-electron chi connectivity index (χ2n) is 6.33. The third kappa shape index (κ3) is 3.40. The monoisotopic (exact) mass is 305 g/mol. The zero-order chi connectivity index (χ0) is 16.3. The number of carboxylic acid groups (broad SMARTS) is 1. The van der Waals surface area contributed by atoms with Crippen LogP contribution in [0.2, 0.25) is 0 Å². The molecule has 1 amide bonds. The van der Waals surface area contributed by atoms with Gasteiger partial charge in [0.2, 0.25) is 5.91 Å². The molecule has 120 valence electrons. The van der Waals surface area contributed by atoms with Crippen LogP contribution in [0, 0.1) is 11.3 Å². The highest BCUT2D eigenvalue weighted by Crippen LogP contribution is 2.31. The van der Waals surface area contributed by atoms with Crippen LogP contribution >= 0.6 is 0 Å². The molecule has 1 N–H and O–H groups in total. The van der Waals surface area contributed by atoms with Crippen LogP contribution in [-0.2, 0) is 16.0 Å². The maximum absolute atomic E-state index is 12.5. The van der Waals surface area contributed by atoms with Gasteiger partial charge >= 0.3 is 5.97 Å². The maximum atomic E-state index is 12.5. The molecule has 5 nitrogen and oxygen atoms in total. The number of rotatable bonds is 5. The fraction of sp³-hybridized carbons (Fsp3) is 0.529. The predicted octanol–water partition coefficient (Wildman–Crippen LogP) is 2.20. The molecule has 5 heteroatoms. The molecule has 0 radical (unpaired) electrons. The zero-order valence-corrected chi connectivity index (χ0v) is 13.3. The predicted molar refractivity (Wildman–Crippen MR) is 82.8 cm³/mol. The highest BCUT2D eigenvalue weighted by atomic mass is 16.5. The highest BCUT2D eigenvalue weighted by Gasteiger charge is 2.42. The van der Waals surface area contributed by atoms with E-state index in [1.54, 1.807) is 18.9 Å². The molecule has 1 aromatic carbocycles. The smallest absolute Gasteiger partial charge is 0.311 e. The number of nitrogens with zero attached hydrogens (tertiary/aromatic N) is 1. The summed E-state index contributed by atoms with van der Waals surface area (Å²) in [6, 6.07) is 7.66. The fourth-order valence-corrected chi connectivity index (χ4v) is 2.84. The van der Waals surface area contributed by atoms with Crippen molar-refractivity contribution >= 4 is 11.9 Å². The minimum atomic E-state index is -0.828. The Morgan fingerprint density at radius 3 is 2.50 bits per heavy atom. The van der Waals surface area contributed by atoms with E-state index in [9.17, 15) is 14.7 Å². The van der Waals surface area contributed by atoms with Gasteiger partial charge in [-0.1, -0.05) is 19.1 Å². The number of hydrogen-bond acceptors (Lipinski definition) is 3. The van der Waals surface area contributed by atoms with E-state index in [-0.39, 0.29) is 11.8 Å². The van der Waals surface area contributed by atoms with Crippen LogP contribution < -0.4 is 4.74 Å². The van der Waals surface area contributed by atoms with Crippen molar-refractivity contribution < 1.29 is 19.4 Å². The Bertz CT molecular complexity index is 554. The van der Waals surface area contributed by atoms with Crippen molar-refractivity contribution in [3.05, 3.63) is 29.8 Å². The number of likely N-dealkylation sites (tertiary alicyclic amines) is 1. The van der Waals surface area contributed by atoms with E-state index >= 15 is 0 Å². The van der Waals surface area contributed by atoms with E-state index in [2.05, 4.69) is 0 Å². The Morgan fingerprint density at radius 1 is 1.36 bits per heavy atom. The van der Waals surface area contributed by atoms with E-state index in [1.807, 2.05) is 31.2 Å². The minimum Gasteiger partial charge on any atom is -0.497 e. The van der Waals surface area contributed by atoms with Crippen LogP contribution in [-0.4, -0.2) is 42.1 Å². The van der Waals surface area contributed by atoms with Crippen LogP contribution in [0.25, 0.3) is 0 Å². The fourth-order valence-electron chi connectivity index (χ4n) is 2.84. The van der Waals surface area contributed by atoms with Gasteiger partial charge in [0.15, 0.2) is 0 Å². The van der Waals surface area contributed by atoms with Crippen molar-refractivity contribution in [2.45, 2.75) is 26.7 Å². The first-order chi connectivity index (χ1) is 10.4. The van der Waals surface area contributed by atoms with Crippen molar-refractivity contribution in [1.82, 2.24) is 4.90 Å². The first kappa shape index (κ1) is 16.3. The molecular weight excluding hydrogens is 282 g/mol. The third-order valence-corrected chi connectivity index (χ3v) is 4.42. The number of amides is 1. The summed E-state index contributed by atoms with van der Waals surface area (Å²) in [7, 11) is 1.62. The van der Waals surface area contributed by atoms with Gasteiger partial charge in [0.1, 0.15) is 5.75 Å². The van der Waals surface area contributed by atoms with E-state index in [4.69, 9.17) is 4.74 Å². The molecule has 0 bridgehead atoms. The molecule has 1 saturated heterocycles. The largest absolute Gasteiger partial charge is 0.497 e. The molecule has 1 aromatic rings. The summed E-state index contributed by atoms with van der Waals surface area (Å²) in [4.78, 5) is 25.4. The maximum Gasteiger partial charge on any atom is 0.311 e. The number of methoxy groups -OCH3 is 1. The molecule has 1 fully saturated rings. The van der Waals surface area contributed by atoms with E-state index < -0.39 is 11.4 Å². The van der Waals surface area contributed by atoms with Crippen molar-refractivity contribution in [2.75, 3.05) is 20.2 Å². The molecule has 1 aliphatic rings. The number of ether oxygens (including phenoxy) is 1. The molecule has 0 aliphatic carbocycles. The van der Waals surface area contributed by atoms with Crippen molar-refractivity contribution in [3.8, 4) is 5.75 Å². The molecule has 0 unspecified atom stereocenters. The lowest BCUT2D eigenvalue weighted by Gasteiger charge is -2.23. The van der Waals surface area contributed by atoms with Crippen LogP contribution in [0.1, 0.15) is 25.8 Å². The number of carboxylic acids is 1. The van der Waals surface area contributed by atoms with Gasteiger partial charge in [0.25, 0.3) is 0 Å². The average molecular weight is 305 g/mol. The summed E-state index contributed by atoms with van der Waals surface area (Å²) >= 11 is 0. The second-order valence-corrected chi connectivity index (χ2v) is 6.33. The number of carbonyl (C=O) groups excluding carboxylic acids is 1. The van der Waals surface area contributed by atoms with Gasteiger partial charge in [-0.3, -0.25) is 9.59 Å². The molecule has 22 heavy (non-hydrogen) atoms. The molecule has 0 aromatic heterocycles. The van der Waals surface area contributed by atoms with Crippen LogP contribution in [0.15, 0.2) is 24.3 Å². The second kappa shape index (κ2) is 6.38. The van der Waals surface area contributed by atoms with E-state index in [0.29, 0.717) is 25.9 Å². The number of aliphatic carboxylic acids is 1. The Kier molecular flexibility index (Phi) is 4.74. The van der Waals surface area contributed by atoms with Gasteiger partial charge in [0.05, 0.1) is 12.5 Å². The Balaban J connectivity index is 1.96. The lowest BCUT2D eigenvalue weighted by molar-refractivity contribution is -0.147. The normalized spacial score (nSPS) is 22.4. The van der Waals surface area contributed by atoms with Crippen LogP contribution in [0.5, 0.6) is 5.75 Å². The van der Waals surface area contributed by atoms with Gasteiger partial charge in [0, 0.05) is 19.0 Å². The SMILES string of the molecule is COc1ccc(C[C@H](C)C(=O)N2CC[C@@](C)(C(=O)O)C2)cc1. The van der Waals surface area contributed by atoms with E-state index in [0.717, 1.165) is 11.3 Å². The standard InChI is InChI=1S/C17H23NO4/c1-12(10-13-4-6-14(22-3)7-5-13)15(19)18-9-8-17(2,11-18)16(20)21/h4-7,12H,8-11H2,1-3H3,(H,20,21)/t12-,17+/m0/s1. The number of benzene rings is 1. The Labute approximate surface area is 130 Å². The molecule has 2 rings (SSSR count). The van der Waals surface area contributed by atoms with Crippen molar-refractivity contribution in [3.63, 3.8) is 0 Å². The summed E-state index contributed by atoms with van der Waals surface area (Å²) in [5, 5.41) is 9.25. The Morgan fingerprint density at radius 2 is 2.00 bits per heavy atom. The van der Waals surface area contributed by atoms with Crippen molar-refractivity contribution in [2.24, 2.45) is 11.3 Å². The number of hydrogen-bond donors (Lipinski definition) is 1. The molecule has 2 atom stereocenters. The molecule has 0 spiro atoms. The summed E-state index contributed by atoms with van der Waals surface area (Å²) in [6.07, 6.45) is 1.16. The molecule has 1 heterocycles. The average Bonchev–Trinajstić information content (AvgIpc) is 2.91. The van der Waals surface area contributed by atoms with Gasteiger partial charge in [-0.15, -0.1) is 0 Å².